The zero-order valence-corrected chi connectivity index (χ0v) is 9.20. The fraction of sp³-hybridized carbons (Fsp3) is 0.143. The Balaban J connectivity index is 2.28. The van der Waals surface area contributed by atoms with E-state index in [9.17, 15) is 4.39 Å². The molecule has 0 unspecified atom stereocenters. The van der Waals surface area contributed by atoms with Crippen LogP contribution in [-0.2, 0) is 6.42 Å². The number of anilines is 1. The Hall–Kier alpha value is -1.83. The lowest BCUT2D eigenvalue weighted by Gasteiger charge is -2.06. The van der Waals surface area contributed by atoms with Crippen LogP contribution in [0.3, 0.4) is 0 Å². The molecule has 2 aromatic rings. The van der Waals surface area contributed by atoms with Crippen molar-refractivity contribution in [2.45, 2.75) is 13.3 Å². The number of hydrogen-bond donors (Lipinski definition) is 1. The molecule has 2 rings (SSSR count). The van der Waals surface area contributed by atoms with Crippen LogP contribution in [0.2, 0.25) is 0 Å². The van der Waals surface area contributed by atoms with Gasteiger partial charge in [-0.05, 0) is 35.7 Å². The van der Waals surface area contributed by atoms with Crippen molar-refractivity contribution in [1.29, 1.82) is 0 Å². The maximum Gasteiger partial charge on any atom is 0.126 e. The molecule has 0 amide bonds. The molecule has 0 atom stereocenters. The molecular weight excluding hydrogens is 201 g/mol. The van der Waals surface area contributed by atoms with E-state index < -0.39 is 0 Å². The second kappa shape index (κ2) is 4.35. The standard InChI is InChI=1S/C14H14FN/c1-10-6-7-11(9-14(10)16)8-12-4-2-3-5-13(12)15/h2-7,9H,8,16H2,1H3. The van der Waals surface area contributed by atoms with E-state index in [2.05, 4.69) is 0 Å². The van der Waals surface area contributed by atoms with Gasteiger partial charge in [-0.2, -0.15) is 0 Å². The first-order chi connectivity index (χ1) is 7.66. The molecule has 16 heavy (non-hydrogen) atoms. The van der Waals surface area contributed by atoms with Crippen LogP contribution in [0.4, 0.5) is 10.1 Å². The largest absolute Gasteiger partial charge is 0.399 e. The highest BCUT2D eigenvalue weighted by molar-refractivity contribution is 5.49. The maximum absolute atomic E-state index is 13.4. The summed E-state index contributed by atoms with van der Waals surface area (Å²) >= 11 is 0. The van der Waals surface area contributed by atoms with Crippen molar-refractivity contribution >= 4 is 5.69 Å². The van der Waals surface area contributed by atoms with Crippen LogP contribution in [-0.4, -0.2) is 0 Å². The van der Waals surface area contributed by atoms with Crippen molar-refractivity contribution < 1.29 is 4.39 Å². The van der Waals surface area contributed by atoms with Crippen molar-refractivity contribution in [1.82, 2.24) is 0 Å². The number of hydrogen-bond acceptors (Lipinski definition) is 1. The number of benzene rings is 2. The molecule has 0 heterocycles. The van der Waals surface area contributed by atoms with Crippen LogP contribution in [0.1, 0.15) is 16.7 Å². The molecule has 0 saturated heterocycles. The van der Waals surface area contributed by atoms with Crippen molar-refractivity contribution in [3.63, 3.8) is 0 Å². The van der Waals surface area contributed by atoms with Crippen molar-refractivity contribution in [3.8, 4) is 0 Å². The first kappa shape index (κ1) is 10.7. The molecule has 2 aromatic carbocycles. The molecule has 2 heteroatoms. The van der Waals surface area contributed by atoms with Gasteiger partial charge in [-0.3, -0.25) is 0 Å². The Morgan fingerprint density at radius 2 is 1.88 bits per heavy atom. The lowest BCUT2D eigenvalue weighted by Crippen LogP contribution is -1.95. The van der Waals surface area contributed by atoms with Gasteiger partial charge in [0.1, 0.15) is 5.82 Å². The summed E-state index contributed by atoms with van der Waals surface area (Å²) in [5.74, 6) is -0.165. The third-order valence-corrected chi connectivity index (χ3v) is 2.70. The predicted octanol–water partition coefficient (Wildman–Crippen LogP) is 3.31. The van der Waals surface area contributed by atoms with E-state index >= 15 is 0 Å². The van der Waals surface area contributed by atoms with Crippen molar-refractivity contribution in [3.05, 3.63) is 65.0 Å². The van der Waals surface area contributed by atoms with Gasteiger partial charge in [-0.1, -0.05) is 30.3 Å². The molecule has 0 spiro atoms. The Morgan fingerprint density at radius 3 is 2.56 bits per heavy atom. The monoisotopic (exact) mass is 215 g/mol. The van der Waals surface area contributed by atoms with E-state index in [4.69, 9.17) is 5.73 Å². The summed E-state index contributed by atoms with van der Waals surface area (Å²) in [4.78, 5) is 0. The molecular formula is C14H14FN. The summed E-state index contributed by atoms with van der Waals surface area (Å²) in [7, 11) is 0. The van der Waals surface area contributed by atoms with Crippen LogP contribution < -0.4 is 5.73 Å². The van der Waals surface area contributed by atoms with Crippen LogP contribution in [0.5, 0.6) is 0 Å². The van der Waals surface area contributed by atoms with Gasteiger partial charge in [0.05, 0.1) is 0 Å². The minimum absolute atomic E-state index is 0.165. The van der Waals surface area contributed by atoms with Crippen molar-refractivity contribution in [2.24, 2.45) is 0 Å². The molecule has 82 valence electrons. The summed E-state index contributed by atoms with van der Waals surface area (Å²) in [5, 5.41) is 0. The topological polar surface area (TPSA) is 26.0 Å². The molecule has 2 N–H and O–H groups in total. The van der Waals surface area contributed by atoms with Crippen LogP contribution in [0.25, 0.3) is 0 Å². The van der Waals surface area contributed by atoms with E-state index in [-0.39, 0.29) is 5.82 Å². The van der Waals surface area contributed by atoms with Gasteiger partial charge in [0.2, 0.25) is 0 Å². The molecule has 0 saturated carbocycles. The lowest BCUT2D eigenvalue weighted by molar-refractivity contribution is 0.614. The fourth-order valence-corrected chi connectivity index (χ4v) is 1.66. The van der Waals surface area contributed by atoms with Crippen LogP contribution in [0.15, 0.2) is 42.5 Å². The minimum atomic E-state index is -0.165. The number of nitrogens with two attached hydrogens (primary N) is 1. The number of aryl methyl sites for hydroxylation is 1. The van der Waals surface area contributed by atoms with E-state index in [1.165, 1.54) is 6.07 Å². The Kier molecular flexibility index (Phi) is 2.91. The second-order valence-corrected chi connectivity index (χ2v) is 3.96. The quantitative estimate of drug-likeness (QED) is 0.764. The summed E-state index contributed by atoms with van der Waals surface area (Å²) in [5.41, 5.74) is 9.36. The molecule has 0 aliphatic heterocycles. The number of halogens is 1. The third kappa shape index (κ3) is 2.22. The number of rotatable bonds is 2. The van der Waals surface area contributed by atoms with Gasteiger partial charge in [-0.15, -0.1) is 0 Å². The average molecular weight is 215 g/mol. The molecule has 0 aromatic heterocycles. The van der Waals surface area contributed by atoms with Crippen molar-refractivity contribution in [2.75, 3.05) is 5.73 Å². The minimum Gasteiger partial charge on any atom is -0.399 e. The molecule has 0 radical (unpaired) electrons. The first-order valence-electron chi connectivity index (χ1n) is 5.25. The van der Waals surface area contributed by atoms with Gasteiger partial charge in [0, 0.05) is 12.1 Å². The molecule has 1 nitrogen and oxygen atoms in total. The Labute approximate surface area is 94.7 Å². The van der Waals surface area contributed by atoms with Crippen LogP contribution in [0, 0.1) is 12.7 Å². The second-order valence-electron chi connectivity index (χ2n) is 3.96. The van der Waals surface area contributed by atoms with Gasteiger partial charge < -0.3 is 5.73 Å². The number of nitrogen functional groups attached to an aromatic ring is 1. The molecule has 0 bridgehead atoms. The molecule has 0 aliphatic rings. The van der Waals surface area contributed by atoms with E-state index in [0.717, 1.165) is 16.8 Å². The van der Waals surface area contributed by atoms with Gasteiger partial charge in [0.15, 0.2) is 0 Å². The third-order valence-electron chi connectivity index (χ3n) is 2.70. The molecule has 0 fully saturated rings. The van der Waals surface area contributed by atoms with E-state index in [1.807, 2.05) is 31.2 Å². The average Bonchev–Trinajstić information content (AvgIpc) is 2.27. The fourth-order valence-electron chi connectivity index (χ4n) is 1.66. The SMILES string of the molecule is Cc1ccc(Cc2ccccc2F)cc1N. The van der Waals surface area contributed by atoms with Gasteiger partial charge in [0.25, 0.3) is 0 Å². The highest BCUT2D eigenvalue weighted by Crippen LogP contribution is 2.17. The first-order valence-corrected chi connectivity index (χ1v) is 5.25. The lowest BCUT2D eigenvalue weighted by atomic mass is 10.0. The zero-order chi connectivity index (χ0) is 11.5. The summed E-state index contributed by atoms with van der Waals surface area (Å²) in [6, 6.07) is 12.7. The highest BCUT2D eigenvalue weighted by atomic mass is 19.1. The smallest absolute Gasteiger partial charge is 0.126 e. The predicted molar refractivity (Wildman–Crippen MR) is 64.8 cm³/mol. The normalized spacial score (nSPS) is 10.4. The van der Waals surface area contributed by atoms with E-state index in [1.54, 1.807) is 12.1 Å². The van der Waals surface area contributed by atoms with E-state index in [0.29, 0.717) is 12.0 Å². The van der Waals surface area contributed by atoms with Gasteiger partial charge in [-0.25, -0.2) is 4.39 Å². The summed E-state index contributed by atoms with van der Waals surface area (Å²) in [6.07, 6.45) is 0.581. The summed E-state index contributed by atoms with van der Waals surface area (Å²) in [6.45, 7) is 1.96. The highest BCUT2D eigenvalue weighted by Gasteiger charge is 2.03. The summed E-state index contributed by atoms with van der Waals surface area (Å²) < 4.78 is 13.4. The Morgan fingerprint density at radius 1 is 1.12 bits per heavy atom. The maximum atomic E-state index is 13.4. The Bertz CT molecular complexity index is 506. The van der Waals surface area contributed by atoms with Crippen LogP contribution >= 0.6 is 0 Å². The zero-order valence-electron chi connectivity index (χ0n) is 9.20. The van der Waals surface area contributed by atoms with Gasteiger partial charge >= 0.3 is 0 Å². The molecule has 0 aliphatic carbocycles.